The van der Waals surface area contributed by atoms with Crippen molar-refractivity contribution in [2.75, 3.05) is 0 Å². The van der Waals surface area contributed by atoms with Gasteiger partial charge in [-0.1, -0.05) is 42.5 Å². The van der Waals surface area contributed by atoms with Crippen LogP contribution in [0.5, 0.6) is 0 Å². The Bertz CT molecular complexity index is 968. The van der Waals surface area contributed by atoms with Gasteiger partial charge >= 0.3 is 6.18 Å². The smallest absolute Gasteiger partial charge is 0.259 e. The van der Waals surface area contributed by atoms with E-state index in [0.717, 1.165) is 18.2 Å². The maximum absolute atomic E-state index is 12.9. The molecular weight excluding hydrogens is 377 g/mol. The number of sulfonamides is 1. The summed E-state index contributed by atoms with van der Waals surface area (Å²) in [5.74, 6) is 0. The number of nitrogens with zero attached hydrogens (tertiary/aromatic N) is 1. The molecule has 0 amide bonds. The van der Waals surface area contributed by atoms with E-state index in [-0.39, 0.29) is 0 Å². The summed E-state index contributed by atoms with van der Waals surface area (Å²) < 4.78 is 66.8. The van der Waals surface area contributed by atoms with Crippen LogP contribution in [0.1, 0.15) is 22.9 Å². The summed E-state index contributed by atoms with van der Waals surface area (Å²) in [5.41, 5.74) is 0.0190. The predicted octanol–water partition coefficient (Wildman–Crippen LogP) is 4.17. The molecule has 0 bridgehead atoms. The first-order valence-electron chi connectivity index (χ1n) is 7.93. The van der Waals surface area contributed by atoms with Gasteiger partial charge in [-0.05, 0) is 35.9 Å². The lowest BCUT2D eigenvalue weighted by Gasteiger charge is -2.19. The second kappa shape index (κ2) is 7.50. The van der Waals surface area contributed by atoms with E-state index in [1.807, 2.05) is 0 Å². The third-order valence-electron chi connectivity index (χ3n) is 3.86. The first-order valence-corrected chi connectivity index (χ1v) is 9.41. The molecule has 8 heteroatoms. The zero-order chi connectivity index (χ0) is 19.5. The molecule has 140 valence electrons. The summed E-state index contributed by atoms with van der Waals surface area (Å²) in [6.07, 6.45) is -3.12. The van der Waals surface area contributed by atoms with E-state index >= 15 is 0 Å². The van der Waals surface area contributed by atoms with Crippen molar-refractivity contribution in [1.82, 2.24) is 9.71 Å². The maximum Gasteiger partial charge on any atom is 0.416 e. The lowest BCUT2D eigenvalue weighted by molar-refractivity contribution is -0.137. The van der Waals surface area contributed by atoms with E-state index < -0.39 is 32.7 Å². The van der Waals surface area contributed by atoms with Crippen LogP contribution in [0.15, 0.2) is 83.9 Å². The van der Waals surface area contributed by atoms with Crippen molar-refractivity contribution in [2.45, 2.75) is 17.1 Å². The maximum atomic E-state index is 12.9. The molecule has 0 aliphatic heterocycles. The predicted molar refractivity (Wildman–Crippen MR) is 94.3 cm³/mol. The van der Waals surface area contributed by atoms with Crippen LogP contribution in [0.4, 0.5) is 13.2 Å². The number of pyridine rings is 1. The van der Waals surface area contributed by atoms with Crippen LogP contribution in [0, 0.1) is 0 Å². The fourth-order valence-corrected chi connectivity index (χ4v) is 3.80. The Labute approximate surface area is 154 Å². The molecule has 0 aliphatic rings. The molecule has 27 heavy (non-hydrogen) atoms. The Morgan fingerprint density at radius 3 is 2.22 bits per heavy atom. The van der Waals surface area contributed by atoms with Gasteiger partial charge in [0.1, 0.15) is 0 Å². The van der Waals surface area contributed by atoms with Crippen LogP contribution in [-0.4, -0.2) is 13.4 Å². The van der Waals surface area contributed by atoms with E-state index in [2.05, 4.69) is 9.71 Å². The molecule has 0 spiro atoms. The van der Waals surface area contributed by atoms with Crippen molar-refractivity contribution < 1.29 is 21.6 Å². The number of hydrogen-bond acceptors (Lipinski definition) is 3. The van der Waals surface area contributed by atoms with Crippen molar-refractivity contribution in [3.05, 3.63) is 95.8 Å². The standard InChI is InChI=1S/C19H15F3N2O2S/c20-19(21,22)15-9-6-10-16(13-15)27(25,26)24-18(14-7-2-1-3-8-14)17-11-4-5-12-23-17/h1-13,18,24H. The molecule has 0 aliphatic carbocycles. The van der Waals surface area contributed by atoms with Crippen molar-refractivity contribution in [1.29, 1.82) is 0 Å². The Morgan fingerprint density at radius 2 is 1.59 bits per heavy atom. The molecule has 1 N–H and O–H groups in total. The minimum Gasteiger partial charge on any atom is -0.259 e. The highest BCUT2D eigenvalue weighted by atomic mass is 32.2. The third kappa shape index (κ3) is 4.53. The summed E-state index contributed by atoms with van der Waals surface area (Å²) in [4.78, 5) is 3.72. The minimum absolute atomic E-state index is 0.430. The van der Waals surface area contributed by atoms with E-state index in [1.165, 1.54) is 6.20 Å². The van der Waals surface area contributed by atoms with Crippen LogP contribution in [0.3, 0.4) is 0 Å². The number of aromatic nitrogens is 1. The summed E-state index contributed by atoms with van der Waals surface area (Å²) in [6, 6.07) is 16.5. The average molecular weight is 392 g/mol. The van der Waals surface area contributed by atoms with Crippen LogP contribution < -0.4 is 4.72 Å². The Balaban J connectivity index is 2.01. The van der Waals surface area contributed by atoms with Crippen LogP contribution in [0.25, 0.3) is 0 Å². The second-order valence-corrected chi connectivity index (χ2v) is 7.46. The number of nitrogens with one attached hydrogen (secondary N) is 1. The van der Waals surface area contributed by atoms with E-state index in [1.54, 1.807) is 48.5 Å². The molecule has 4 nitrogen and oxygen atoms in total. The molecule has 3 aromatic rings. The normalized spacial score (nSPS) is 13.3. The lowest BCUT2D eigenvalue weighted by atomic mass is 10.0. The SMILES string of the molecule is O=S(=O)(NC(c1ccccc1)c1ccccn1)c1cccc(C(F)(F)F)c1. The van der Waals surface area contributed by atoms with Crippen molar-refractivity contribution in [2.24, 2.45) is 0 Å². The van der Waals surface area contributed by atoms with Gasteiger partial charge in [-0.15, -0.1) is 0 Å². The monoisotopic (exact) mass is 392 g/mol. The third-order valence-corrected chi connectivity index (χ3v) is 5.28. The number of rotatable bonds is 5. The quantitative estimate of drug-likeness (QED) is 0.709. The van der Waals surface area contributed by atoms with Gasteiger partial charge in [0.05, 0.1) is 22.2 Å². The van der Waals surface area contributed by atoms with Gasteiger partial charge in [0.15, 0.2) is 0 Å². The largest absolute Gasteiger partial charge is 0.416 e. The van der Waals surface area contributed by atoms with Crippen molar-refractivity contribution in [3.63, 3.8) is 0 Å². The molecule has 0 radical (unpaired) electrons. The summed E-state index contributed by atoms with van der Waals surface area (Å²) >= 11 is 0. The fraction of sp³-hybridized carbons (Fsp3) is 0.105. The van der Waals surface area contributed by atoms with Gasteiger partial charge in [0.25, 0.3) is 0 Å². The molecule has 1 heterocycles. The second-order valence-electron chi connectivity index (χ2n) is 5.75. The molecule has 0 saturated carbocycles. The molecule has 1 unspecified atom stereocenters. The van der Waals surface area contributed by atoms with Gasteiger partial charge in [0.2, 0.25) is 10.0 Å². The summed E-state index contributed by atoms with van der Waals surface area (Å²) in [6.45, 7) is 0. The van der Waals surface area contributed by atoms with Crippen molar-refractivity contribution >= 4 is 10.0 Å². The molecule has 1 aromatic heterocycles. The molecule has 3 rings (SSSR count). The highest BCUT2D eigenvalue weighted by Gasteiger charge is 2.32. The minimum atomic E-state index is -4.63. The summed E-state index contributed by atoms with van der Waals surface area (Å²) in [5, 5.41) is 0. The Kier molecular flexibility index (Phi) is 5.29. The number of hydrogen-bond donors (Lipinski definition) is 1. The first-order chi connectivity index (χ1) is 12.8. The van der Waals surface area contributed by atoms with Gasteiger partial charge < -0.3 is 0 Å². The number of benzene rings is 2. The van der Waals surface area contributed by atoms with Gasteiger partial charge in [-0.25, -0.2) is 8.42 Å². The molecule has 2 aromatic carbocycles. The number of alkyl halides is 3. The number of halogens is 3. The van der Waals surface area contributed by atoms with Gasteiger partial charge in [-0.3, -0.25) is 4.98 Å². The first kappa shape index (κ1) is 19.1. The fourth-order valence-electron chi connectivity index (χ4n) is 2.55. The van der Waals surface area contributed by atoms with Crippen LogP contribution >= 0.6 is 0 Å². The molecule has 1 atom stereocenters. The lowest BCUT2D eigenvalue weighted by Crippen LogP contribution is -2.30. The summed E-state index contributed by atoms with van der Waals surface area (Å²) in [7, 11) is -4.23. The Hall–Kier alpha value is -2.71. The molecule has 0 fully saturated rings. The molecule has 0 saturated heterocycles. The van der Waals surface area contributed by atoms with Gasteiger partial charge in [-0.2, -0.15) is 17.9 Å². The van der Waals surface area contributed by atoms with E-state index in [9.17, 15) is 21.6 Å². The highest BCUT2D eigenvalue weighted by molar-refractivity contribution is 7.89. The zero-order valence-electron chi connectivity index (χ0n) is 13.9. The van der Waals surface area contributed by atoms with Crippen molar-refractivity contribution in [3.8, 4) is 0 Å². The van der Waals surface area contributed by atoms with Gasteiger partial charge in [0, 0.05) is 6.20 Å². The Morgan fingerprint density at radius 1 is 0.889 bits per heavy atom. The molecular formula is C19H15F3N2O2S. The average Bonchev–Trinajstić information content (AvgIpc) is 2.67. The van der Waals surface area contributed by atoms with E-state index in [4.69, 9.17) is 0 Å². The van der Waals surface area contributed by atoms with Crippen LogP contribution in [0.2, 0.25) is 0 Å². The zero-order valence-corrected chi connectivity index (χ0v) is 14.7. The topological polar surface area (TPSA) is 59.1 Å². The highest BCUT2D eigenvalue weighted by Crippen LogP contribution is 2.31. The van der Waals surface area contributed by atoms with E-state index in [0.29, 0.717) is 17.3 Å². The van der Waals surface area contributed by atoms with Crippen LogP contribution in [-0.2, 0) is 16.2 Å².